The maximum Gasteiger partial charge on any atom is 0.254 e. The van der Waals surface area contributed by atoms with Crippen molar-refractivity contribution >= 4 is 23.2 Å². The molecule has 1 atom stereocenters. The summed E-state index contributed by atoms with van der Waals surface area (Å²) in [6, 6.07) is 11.3. The molecule has 7 nitrogen and oxygen atoms in total. The van der Waals surface area contributed by atoms with Crippen LogP contribution in [0, 0.1) is 0 Å². The van der Waals surface area contributed by atoms with Crippen molar-refractivity contribution in [2.24, 2.45) is 0 Å². The average Bonchev–Trinajstić information content (AvgIpc) is 3.36. The molecule has 1 aromatic carbocycles. The molecule has 2 N–H and O–H groups in total. The highest BCUT2D eigenvalue weighted by Gasteiger charge is 2.33. The lowest BCUT2D eigenvalue weighted by molar-refractivity contribution is -0.125. The van der Waals surface area contributed by atoms with E-state index in [9.17, 15) is 14.7 Å². The molecule has 0 saturated carbocycles. The molecular formula is C19H18N4O3S. The highest BCUT2D eigenvalue weighted by molar-refractivity contribution is 7.09. The first-order chi connectivity index (χ1) is 13.1. The Labute approximate surface area is 159 Å². The molecule has 8 heteroatoms. The van der Waals surface area contributed by atoms with Crippen molar-refractivity contribution in [2.75, 3.05) is 6.54 Å². The minimum Gasteiger partial charge on any atom is -0.508 e. The van der Waals surface area contributed by atoms with Gasteiger partial charge in [0.25, 0.3) is 5.91 Å². The van der Waals surface area contributed by atoms with Gasteiger partial charge in [0, 0.05) is 16.6 Å². The molecule has 27 heavy (non-hydrogen) atoms. The third kappa shape index (κ3) is 3.56. The number of phenols is 1. The minimum absolute atomic E-state index is 0.0353. The minimum atomic E-state index is -0.593. The van der Waals surface area contributed by atoms with E-state index in [1.54, 1.807) is 45.3 Å². The van der Waals surface area contributed by atoms with Gasteiger partial charge in [-0.2, -0.15) is 5.10 Å². The van der Waals surface area contributed by atoms with Crippen molar-refractivity contribution in [3.05, 3.63) is 70.2 Å². The number of rotatable bonds is 4. The first kappa shape index (κ1) is 17.3. The molecule has 1 aliphatic rings. The van der Waals surface area contributed by atoms with Crippen molar-refractivity contribution in [2.45, 2.75) is 19.1 Å². The molecule has 138 valence electrons. The number of aromatic hydroxyl groups is 1. The average molecular weight is 382 g/mol. The van der Waals surface area contributed by atoms with E-state index < -0.39 is 6.04 Å². The number of hydrogen-bond acceptors (Lipinski definition) is 5. The summed E-state index contributed by atoms with van der Waals surface area (Å²) in [5, 5.41) is 18.8. The summed E-state index contributed by atoms with van der Waals surface area (Å²) >= 11 is 1.58. The number of thiophene rings is 1. The van der Waals surface area contributed by atoms with Gasteiger partial charge in [0.2, 0.25) is 5.91 Å². The normalized spacial score (nSPS) is 16.0. The number of nitrogens with one attached hydrogen (secondary N) is 1. The second kappa shape index (κ2) is 7.24. The number of phenolic OH excluding ortho intramolecular Hbond substituents is 1. The van der Waals surface area contributed by atoms with Gasteiger partial charge in [-0.05, 0) is 35.7 Å². The van der Waals surface area contributed by atoms with Crippen molar-refractivity contribution in [3.63, 3.8) is 0 Å². The summed E-state index contributed by atoms with van der Waals surface area (Å²) < 4.78 is 1.68. The summed E-state index contributed by atoms with van der Waals surface area (Å²) in [6.07, 6.45) is 1.64. The SMILES string of the molecule is O=C(NCc1cccs1)C1CN(C(=O)c2cccc(O)c2)Cc2ccnn21. The highest BCUT2D eigenvalue weighted by Crippen LogP contribution is 2.23. The lowest BCUT2D eigenvalue weighted by Gasteiger charge is -2.33. The molecular weight excluding hydrogens is 364 g/mol. The van der Waals surface area contributed by atoms with Crippen molar-refractivity contribution in [1.29, 1.82) is 0 Å². The van der Waals surface area contributed by atoms with Crippen LogP contribution in [0.15, 0.2) is 54.0 Å². The van der Waals surface area contributed by atoms with E-state index in [1.165, 1.54) is 12.1 Å². The fraction of sp³-hybridized carbons (Fsp3) is 0.211. The van der Waals surface area contributed by atoms with Crippen LogP contribution in [0.1, 0.15) is 27.0 Å². The number of aromatic nitrogens is 2. The first-order valence-corrected chi connectivity index (χ1v) is 9.40. The van der Waals surface area contributed by atoms with E-state index in [4.69, 9.17) is 0 Å². The first-order valence-electron chi connectivity index (χ1n) is 8.52. The highest BCUT2D eigenvalue weighted by atomic mass is 32.1. The lowest BCUT2D eigenvalue weighted by Crippen LogP contribution is -2.46. The van der Waals surface area contributed by atoms with Gasteiger partial charge in [0.15, 0.2) is 0 Å². The Morgan fingerprint density at radius 1 is 1.26 bits per heavy atom. The molecule has 0 bridgehead atoms. The second-order valence-corrected chi connectivity index (χ2v) is 7.35. The van der Waals surface area contributed by atoms with E-state index in [0.29, 0.717) is 18.7 Å². The maximum atomic E-state index is 12.9. The molecule has 1 unspecified atom stereocenters. The summed E-state index contributed by atoms with van der Waals surface area (Å²) in [5.41, 5.74) is 1.19. The molecule has 3 aromatic rings. The van der Waals surface area contributed by atoms with Gasteiger partial charge in [-0.25, -0.2) is 0 Å². The van der Waals surface area contributed by atoms with E-state index in [1.807, 2.05) is 17.5 Å². The fourth-order valence-electron chi connectivity index (χ4n) is 3.17. The van der Waals surface area contributed by atoms with Crippen molar-refractivity contribution in [1.82, 2.24) is 20.0 Å². The Morgan fingerprint density at radius 2 is 2.15 bits per heavy atom. The van der Waals surface area contributed by atoms with E-state index >= 15 is 0 Å². The Hall–Kier alpha value is -3.13. The van der Waals surface area contributed by atoms with Crippen LogP contribution in [-0.4, -0.2) is 38.1 Å². The lowest BCUT2D eigenvalue weighted by atomic mass is 10.1. The van der Waals surface area contributed by atoms with Crippen LogP contribution in [0.4, 0.5) is 0 Å². The second-order valence-electron chi connectivity index (χ2n) is 6.32. The van der Waals surface area contributed by atoms with Crippen molar-refractivity contribution < 1.29 is 14.7 Å². The van der Waals surface area contributed by atoms with Crippen LogP contribution in [0.25, 0.3) is 0 Å². The van der Waals surface area contributed by atoms with E-state index in [0.717, 1.165) is 10.6 Å². The Balaban J connectivity index is 1.53. The predicted octanol–water partition coefficient (Wildman–Crippen LogP) is 2.16. The molecule has 4 rings (SSSR count). The summed E-state index contributed by atoms with van der Waals surface area (Å²) in [4.78, 5) is 28.3. The molecule has 2 amide bonds. The number of amides is 2. The number of carbonyl (C=O) groups excluding carboxylic acids is 2. The van der Waals surface area contributed by atoms with Gasteiger partial charge in [-0.3, -0.25) is 14.3 Å². The molecule has 2 aromatic heterocycles. The molecule has 1 aliphatic heterocycles. The summed E-state index contributed by atoms with van der Waals surface area (Å²) in [7, 11) is 0. The number of benzene rings is 1. The molecule has 0 saturated heterocycles. The molecule has 0 aliphatic carbocycles. The number of fused-ring (bicyclic) bond motifs is 1. The third-order valence-electron chi connectivity index (χ3n) is 4.49. The zero-order valence-electron chi connectivity index (χ0n) is 14.4. The Kier molecular flexibility index (Phi) is 4.64. The fourth-order valence-corrected chi connectivity index (χ4v) is 3.81. The van der Waals surface area contributed by atoms with Crippen LogP contribution in [0.3, 0.4) is 0 Å². The standard InChI is InChI=1S/C19H18N4O3S/c24-15-4-1-3-13(9-15)19(26)22-11-14-6-7-21-23(14)17(12-22)18(25)20-10-16-5-2-8-27-16/h1-9,17,24H,10-12H2,(H,20,25). The van der Waals surface area contributed by atoms with Crippen LogP contribution in [0.5, 0.6) is 5.75 Å². The number of carbonyl (C=O) groups is 2. The zero-order valence-corrected chi connectivity index (χ0v) is 15.2. The van der Waals surface area contributed by atoms with Crippen LogP contribution in [0.2, 0.25) is 0 Å². The quantitative estimate of drug-likeness (QED) is 0.724. The van der Waals surface area contributed by atoms with E-state index in [2.05, 4.69) is 10.4 Å². The van der Waals surface area contributed by atoms with Gasteiger partial charge in [-0.1, -0.05) is 12.1 Å². The van der Waals surface area contributed by atoms with Gasteiger partial charge in [-0.15, -0.1) is 11.3 Å². The van der Waals surface area contributed by atoms with Gasteiger partial charge >= 0.3 is 0 Å². The largest absolute Gasteiger partial charge is 0.508 e. The van der Waals surface area contributed by atoms with Gasteiger partial charge in [0.1, 0.15) is 11.8 Å². The topological polar surface area (TPSA) is 87.5 Å². The van der Waals surface area contributed by atoms with Crippen molar-refractivity contribution in [3.8, 4) is 5.75 Å². The Morgan fingerprint density at radius 3 is 2.93 bits per heavy atom. The van der Waals surface area contributed by atoms with E-state index in [-0.39, 0.29) is 24.1 Å². The molecule has 3 heterocycles. The number of hydrogen-bond donors (Lipinski definition) is 2. The Bertz CT molecular complexity index is 967. The van der Waals surface area contributed by atoms with Gasteiger partial charge < -0.3 is 15.3 Å². The molecule has 0 spiro atoms. The van der Waals surface area contributed by atoms with Gasteiger partial charge in [0.05, 0.1) is 25.3 Å². The molecule has 0 fully saturated rings. The monoisotopic (exact) mass is 382 g/mol. The predicted molar refractivity (Wildman–Crippen MR) is 100 cm³/mol. The smallest absolute Gasteiger partial charge is 0.254 e. The molecule has 0 radical (unpaired) electrons. The zero-order chi connectivity index (χ0) is 18.8. The summed E-state index contributed by atoms with van der Waals surface area (Å²) in [6.45, 7) is 1.03. The summed E-state index contributed by atoms with van der Waals surface area (Å²) in [5.74, 6) is -0.371. The van der Waals surface area contributed by atoms with Crippen LogP contribution in [-0.2, 0) is 17.9 Å². The third-order valence-corrected chi connectivity index (χ3v) is 5.37. The van der Waals surface area contributed by atoms with Crippen LogP contribution < -0.4 is 5.32 Å². The maximum absolute atomic E-state index is 12.9. The number of nitrogens with zero attached hydrogens (tertiary/aromatic N) is 3. The van der Waals surface area contributed by atoms with Crippen LogP contribution >= 0.6 is 11.3 Å².